The van der Waals surface area contributed by atoms with Crippen molar-refractivity contribution in [3.05, 3.63) is 59.9 Å². The minimum absolute atomic E-state index is 0.0160. The Balaban J connectivity index is 1.65. The highest BCUT2D eigenvalue weighted by Crippen LogP contribution is 2.28. The fourth-order valence-electron chi connectivity index (χ4n) is 2.81. The highest BCUT2D eigenvalue weighted by atomic mass is 32.2. The van der Waals surface area contributed by atoms with E-state index in [-0.39, 0.29) is 11.6 Å². The van der Waals surface area contributed by atoms with Crippen LogP contribution in [0.5, 0.6) is 0 Å². The Morgan fingerprint density at radius 2 is 2.12 bits per heavy atom. The number of carbonyl (C=O) groups is 1. The van der Waals surface area contributed by atoms with Crippen molar-refractivity contribution >= 4 is 23.5 Å². The summed E-state index contributed by atoms with van der Waals surface area (Å²) in [7, 11) is 1.85. The summed E-state index contributed by atoms with van der Waals surface area (Å²) in [5.41, 5.74) is 0.687. The second kappa shape index (κ2) is 8.11. The van der Waals surface area contributed by atoms with Crippen molar-refractivity contribution in [1.29, 1.82) is 5.26 Å². The topological polar surface area (TPSA) is 59.4 Å². The Morgan fingerprint density at radius 1 is 1.35 bits per heavy atom. The molecule has 1 N–H and O–H groups in total. The number of hydrogen-bond donors (Lipinski definition) is 1. The molecule has 134 valence electrons. The minimum Gasteiger partial charge on any atom is -0.347 e. The van der Waals surface area contributed by atoms with Crippen molar-refractivity contribution in [3.63, 3.8) is 0 Å². The third-order valence-corrected chi connectivity index (χ3v) is 5.18. The molecule has 0 aliphatic carbocycles. The molecule has 1 fully saturated rings. The number of nitrogens with zero attached hydrogens (tertiary/aromatic N) is 3. The molecule has 1 unspecified atom stereocenters. The van der Waals surface area contributed by atoms with Gasteiger partial charge in [0.25, 0.3) is 5.91 Å². The maximum absolute atomic E-state index is 14.5. The Bertz CT molecular complexity index is 824. The molecule has 0 radical (unpaired) electrons. The number of halogens is 1. The van der Waals surface area contributed by atoms with Gasteiger partial charge in [-0.2, -0.15) is 5.26 Å². The summed E-state index contributed by atoms with van der Waals surface area (Å²) in [6.45, 7) is 1.09. The van der Waals surface area contributed by atoms with Crippen LogP contribution in [-0.2, 0) is 0 Å². The third kappa shape index (κ3) is 4.27. The van der Waals surface area contributed by atoms with E-state index in [0.717, 1.165) is 4.90 Å². The smallest absolute Gasteiger partial charge is 0.254 e. The number of rotatable bonds is 5. The van der Waals surface area contributed by atoms with Crippen LogP contribution in [0.25, 0.3) is 0 Å². The average Bonchev–Trinajstić information content (AvgIpc) is 3.10. The van der Waals surface area contributed by atoms with Crippen molar-refractivity contribution in [1.82, 2.24) is 10.2 Å². The van der Waals surface area contributed by atoms with E-state index in [1.165, 1.54) is 24.1 Å². The number of amides is 1. The zero-order chi connectivity index (χ0) is 18.5. The molecule has 1 atom stereocenters. The number of benzene rings is 2. The maximum Gasteiger partial charge on any atom is 0.254 e. The van der Waals surface area contributed by atoms with E-state index in [4.69, 9.17) is 5.26 Å². The molecule has 1 aliphatic heterocycles. The van der Waals surface area contributed by atoms with Crippen LogP contribution in [0.1, 0.15) is 16.8 Å². The zero-order valence-corrected chi connectivity index (χ0v) is 15.2. The third-order valence-electron chi connectivity index (χ3n) is 4.21. The molecule has 1 saturated heterocycles. The minimum atomic E-state index is -0.560. The van der Waals surface area contributed by atoms with E-state index in [1.54, 1.807) is 11.0 Å². The fraction of sp³-hybridized carbons (Fsp3) is 0.263. The van der Waals surface area contributed by atoms with E-state index in [1.807, 2.05) is 41.7 Å². The number of likely N-dealkylation sites (tertiary alicyclic amines) is 1. The largest absolute Gasteiger partial charge is 0.347 e. The van der Waals surface area contributed by atoms with Gasteiger partial charge in [-0.15, -0.1) is 0 Å². The molecule has 0 spiro atoms. The first-order valence-corrected chi connectivity index (χ1v) is 9.06. The number of nitrogens with one attached hydrogen (secondary N) is 1. The van der Waals surface area contributed by atoms with Gasteiger partial charge >= 0.3 is 0 Å². The summed E-state index contributed by atoms with van der Waals surface area (Å²) in [6.07, 6.45) is 2.75. The summed E-state index contributed by atoms with van der Waals surface area (Å²) >= 11 is 1.48. The van der Waals surface area contributed by atoms with Gasteiger partial charge in [-0.3, -0.25) is 4.79 Å². The van der Waals surface area contributed by atoms with Gasteiger partial charge in [0.15, 0.2) is 6.19 Å². The summed E-state index contributed by atoms with van der Waals surface area (Å²) in [5.74, 6) is -1.01. The van der Waals surface area contributed by atoms with Gasteiger partial charge in [-0.1, -0.05) is 18.2 Å². The summed E-state index contributed by atoms with van der Waals surface area (Å²) in [6, 6.07) is 14.2. The van der Waals surface area contributed by atoms with E-state index < -0.39 is 11.7 Å². The van der Waals surface area contributed by atoms with Crippen LogP contribution in [-0.4, -0.2) is 37.0 Å². The predicted molar refractivity (Wildman–Crippen MR) is 100 cm³/mol. The van der Waals surface area contributed by atoms with Crippen LogP contribution in [0.15, 0.2) is 53.4 Å². The van der Waals surface area contributed by atoms with E-state index >= 15 is 0 Å². The first kappa shape index (κ1) is 18.1. The van der Waals surface area contributed by atoms with Crippen LogP contribution in [0.4, 0.5) is 10.1 Å². The first-order chi connectivity index (χ1) is 12.6. The molecular weight excluding hydrogens is 351 g/mol. The van der Waals surface area contributed by atoms with Gasteiger partial charge in [0.1, 0.15) is 5.82 Å². The monoisotopic (exact) mass is 370 g/mol. The molecule has 1 aliphatic rings. The lowest BCUT2D eigenvalue weighted by atomic mass is 10.1. The molecule has 3 rings (SSSR count). The van der Waals surface area contributed by atoms with Crippen molar-refractivity contribution in [2.45, 2.75) is 17.4 Å². The van der Waals surface area contributed by atoms with Gasteiger partial charge < -0.3 is 14.5 Å². The molecule has 0 saturated carbocycles. The van der Waals surface area contributed by atoms with Gasteiger partial charge in [-0.25, -0.2) is 4.39 Å². The summed E-state index contributed by atoms with van der Waals surface area (Å²) < 4.78 is 16.3. The van der Waals surface area contributed by atoms with Crippen LogP contribution in [0, 0.1) is 17.3 Å². The standard InChI is InChI=1S/C19H19FN4OS/c1-23(26-16-5-3-2-4-6-16)15-7-8-17(18(20)11-15)19(25)22-14-9-10-24(12-14)13-21/h2-8,11,14H,9-10,12H2,1H3,(H,22,25). The Labute approximate surface area is 156 Å². The normalized spacial score (nSPS) is 16.2. The van der Waals surface area contributed by atoms with Crippen LogP contribution >= 0.6 is 11.9 Å². The van der Waals surface area contributed by atoms with Crippen molar-refractivity contribution in [2.75, 3.05) is 24.4 Å². The zero-order valence-electron chi connectivity index (χ0n) is 14.4. The summed E-state index contributed by atoms with van der Waals surface area (Å²) in [4.78, 5) is 14.9. The predicted octanol–water partition coefficient (Wildman–Crippen LogP) is 3.25. The average molecular weight is 370 g/mol. The van der Waals surface area contributed by atoms with Crippen LogP contribution in [0.2, 0.25) is 0 Å². The molecule has 2 aromatic rings. The highest BCUT2D eigenvalue weighted by molar-refractivity contribution is 8.00. The molecule has 0 bridgehead atoms. The summed E-state index contributed by atoms with van der Waals surface area (Å²) in [5, 5.41) is 11.7. The number of anilines is 1. The number of nitriles is 1. The molecule has 1 heterocycles. The second-order valence-corrected chi connectivity index (χ2v) is 7.27. The van der Waals surface area contributed by atoms with Gasteiger partial charge in [0, 0.05) is 36.8 Å². The van der Waals surface area contributed by atoms with Gasteiger partial charge in [0.05, 0.1) is 5.56 Å². The first-order valence-electron chi connectivity index (χ1n) is 8.28. The lowest BCUT2D eigenvalue weighted by Crippen LogP contribution is -2.36. The molecular formula is C19H19FN4OS. The molecule has 26 heavy (non-hydrogen) atoms. The van der Waals surface area contributed by atoms with Gasteiger partial charge in [-0.05, 0) is 48.7 Å². The van der Waals surface area contributed by atoms with E-state index in [9.17, 15) is 9.18 Å². The molecule has 2 aromatic carbocycles. The van der Waals surface area contributed by atoms with E-state index in [2.05, 4.69) is 11.5 Å². The highest BCUT2D eigenvalue weighted by Gasteiger charge is 2.24. The van der Waals surface area contributed by atoms with Crippen molar-refractivity contribution < 1.29 is 9.18 Å². The SMILES string of the molecule is CN(Sc1ccccc1)c1ccc(C(=O)NC2CCN(C#N)C2)c(F)c1. The Hall–Kier alpha value is -2.72. The van der Waals surface area contributed by atoms with Crippen LogP contribution in [0.3, 0.4) is 0 Å². The molecule has 0 aromatic heterocycles. The molecule has 7 heteroatoms. The lowest BCUT2D eigenvalue weighted by Gasteiger charge is -2.19. The second-order valence-electron chi connectivity index (χ2n) is 6.07. The molecule has 5 nitrogen and oxygen atoms in total. The van der Waals surface area contributed by atoms with Gasteiger partial charge in [0.2, 0.25) is 0 Å². The van der Waals surface area contributed by atoms with Crippen molar-refractivity contribution in [3.8, 4) is 6.19 Å². The van der Waals surface area contributed by atoms with E-state index in [0.29, 0.717) is 25.2 Å². The molecule has 1 amide bonds. The number of hydrogen-bond acceptors (Lipinski definition) is 5. The quantitative estimate of drug-likeness (QED) is 0.647. The number of carbonyl (C=O) groups excluding carboxylic acids is 1. The Morgan fingerprint density at radius 3 is 2.77 bits per heavy atom. The van der Waals surface area contributed by atoms with Crippen LogP contribution < -0.4 is 9.62 Å². The maximum atomic E-state index is 14.5. The van der Waals surface area contributed by atoms with Crippen molar-refractivity contribution in [2.24, 2.45) is 0 Å². The Kier molecular flexibility index (Phi) is 5.64. The lowest BCUT2D eigenvalue weighted by molar-refractivity contribution is 0.0935. The fourth-order valence-corrected chi connectivity index (χ4v) is 3.62.